The Bertz CT molecular complexity index is 625. The molecule has 21 heavy (non-hydrogen) atoms. The zero-order chi connectivity index (χ0) is 16.2. The molecule has 0 fully saturated rings. The van der Waals surface area contributed by atoms with Gasteiger partial charge in [0, 0.05) is 11.0 Å². The molecule has 1 rings (SSSR count). The number of nitro groups is 1. The van der Waals surface area contributed by atoms with Gasteiger partial charge in [0.1, 0.15) is 11.6 Å². The van der Waals surface area contributed by atoms with Crippen LogP contribution in [0, 0.1) is 21.4 Å². The summed E-state index contributed by atoms with van der Waals surface area (Å²) in [5.41, 5.74) is -6.81. The number of hydrogen-bond acceptors (Lipinski definition) is 6. The number of benzene rings is 1. The van der Waals surface area contributed by atoms with Crippen LogP contribution in [-0.4, -0.2) is 23.0 Å². The van der Waals surface area contributed by atoms with Crippen molar-refractivity contribution in [2.75, 3.05) is 6.61 Å². The van der Waals surface area contributed by atoms with Gasteiger partial charge in [-0.3, -0.25) is 10.1 Å². The summed E-state index contributed by atoms with van der Waals surface area (Å²) in [7, 11) is 0. The average Bonchev–Trinajstić information content (AvgIpc) is 2.36. The number of nitro benzene ring substituents is 1. The molecular formula is C11H7F3N2O4S. The molecular weight excluding hydrogens is 313 g/mol. The second kappa shape index (κ2) is 6.45. The number of alkyl halides is 3. The van der Waals surface area contributed by atoms with Crippen LogP contribution in [0.25, 0.3) is 0 Å². The van der Waals surface area contributed by atoms with Gasteiger partial charge in [-0.2, -0.15) is 18.4 Å². The van der Waals surface area contributed by atoms with Gasteiger partial charge in [0.15, 0.2) is 0 Å². The normalized spacial score (nSPS) is 10.8. The molecule has 0 aliphatic rings. The van der Waals surface area contributed by atoms with Crippen molar-refractivity contribution in [2.24, 2.45) is 0 Å². The number of nitriles is 1. The van der Waals surface area contributed by atoms with Crippen LogP contribution in [0.3, 0.4) is 0 Å². The van der Waals surface area contributed by atoms with Crippen LogP contribution in [0.5, 0.6) is 0 Å². The van der Waals surface area contributed by atoms with E-state index in [1.807, 2.05) is 0 Å². The Morgan fingerprint density at radius 2 is 2.14 bits per heavy atom. The van der Waals surface area contributed by atoms with Crippen molar-refractivity contribution in [3.05, 3.63) is 33.4 Å². The van der Waals surface area contributed by atoms with E-state index in [9.17, 15) is 28.1 Å². The Kier molecular flexibility index (Phi) is 5.15. The predicted octanol–water partition coefficient (Wildman–Crippen LogP) is 3.26. The average molecular weight is 320 g/mol. The first kappa shape index (κ1) is 16.8. The molecule has 0 bridgehead atoms. The first-order chi connectivity index (χ1) is 9.69. The fourth-order valence-corrected chi connectivity index (χ4v) is 2.08. The van der Waals surface area contributed by atoms with E-state index >= 15 is 0 Å². The first-order valence-corrected chi connectivity index (χ1v) is 6.16. The number of rotatable bonds is 4. The third-order valence-corrected chi connectivity index (χ3v) is 2.90. The van der Waals surface area contributed by atoms with E-state index < -0.39 is 49.9 Å². The van der Waals surface area contributed by atoms with Gasteiger partial charge in [-0.05, 0) is 24.8 Å². The predicted molar refractivity (Wildman–Crippen MR) is 65.7 cm³/mol. The minimum atomic E-state index is -4.76. The Morgan fingerprint density at radius 1 is 1.52 bits per heavy atom. The Morgan fingerprint density at radius 3 is 2.57 bits per heavy atom. The molecule has 112 valence electrons. The number of hydrogen-bond donors (Lipinski definition) is 0. The van der Waals surface area contributed by atoms with E-state index in [2.05, 4.69) is 4.74 Å². The van der Waals surface area contributed by atoms with Crippen LogP contribution in [0.1, 0.15) is 22.8 Å². The molecule has 0 spiro atoms. The summed E-state index contributed by atoms with van der Waals surface area (Å²) in [6, 6.07) is 2.82. The summed E-state index contributed by atoms with van der Waals surface area (Å²) in [6.07, 6.45) is 0. The van der Waals surface area contributed by atoms with E-state index in [1.54, 1.807) is 0 Å². The largest absolute Gasteiger partial charge is 0.462 e. The minimum Gasteiger partial charge on any atom is -0.462 e. The van der Waals surface area contributed by atoms with Crippen molar-refractivity contribution in [2.45, 2.75) is 17.3 Å². The summed E-state index contributed by atoms with van der Waals surface area (Å²) < 4.78 is 41.9. The monoisotopic (exact) mass is 320 g/mol. The van der Waals surface area contributed by atoms with Gasteiger partial charge in [0.05, 0.1) is 17.1 Å². The molecule has 0 atom stereocenters. The van der Waals surface area contributed by atoms with Crippen LogP contribution < -0.4 is 0 Å². The molecule has 10 heteroatoms. The number of thioether (sulfide) groups is 1. The number of halogens is 3. The fraction of sp³-hybridized carbons (Fsp3) is 0.273. The van der Waals surface area contributed by atoms with E-state index in [0.29, 0.717) is 0 Å². The molecule has 0 unspecified atom stereocenters. The van der Waals surface area contributed by atoms with Gasteiger partial charge < -0.3 is 4.74 Å². The van der Waals surface area contributed by atoms with Crippen molar-refractivity contribution in [1.82, 2.24) is 0 Å². The number of esters is 1. The van der Waals surface area contributed by atoms with Crippen LogP contribution >= 0.6 is 11.8 Å². The maximum Gasteiger partial charge on any atom is 0.446 e. The highest BCUT2D eigenvalue weighted by Crippen LogP contribution is 2.41. The summed E-state index contributed by atoms with van der Waals surface area (Å²) >= 11 is -0.702. The highest BCUT2D eigenvalue weighted by Gasteiger charge is 2.33. The number of carbonyl (C=O) groups is 1. The van der Waals surface area contributed by atoms with Crippen LogP contribution in [0.4, 0.5) is 18.9 Å². The molecule has 0 saturated heterocycles. The molecule has 0 heterocycles. The molecule has 0 radical (unpaired) electrons. The van der Waals surface area contributed by atoms with Crippen molar-refractivity contribution in [1.29, 1.82) is 5.26 Å². The van der Waals surface area contributed by atoms with Gasteiger partial charge >= 0.3 is 11.5 Å². The number of carbonyl (C=O) groups excluding carboxylic acids is 1. The number of ether oxygens (including phenoxy) is 1. The third kappa shape index (κ3) is 4.35. The Labute approximate surface area is 120 Å². The molecule has 1 aromatic rings. The second-order valence-electron chi connectivity index (χ2n) is 3.51. The maximum absolute atomic E-state index is 12.4. The van der Waals surface area contributed by atoms with Gasteiger partial charge in [-0.15, -0.1) is 0 Å². The quantitative estimate of drug-likeness (QED) is 0.366. The number of nitrogens with zero attached hydrogens (tertiary/aromatic N) is 2. The highest BCUT2D eigenvalue weighted by atomic mass is 32.2. The van der Waals surface area contributed by atoms with E-state index in [4.69, 9.17) is 5.26 Å². The summed E-state index contributed by atoms with van der Waals surface area (Å²) in [6.45, 7) is 1.43. The molecule has 0 aliphatic carbocycles. The Balaban J connectivity index is 3.49. The summed E-state index contributed by atoms with van der Waals surface area (Å²) in [4.78, 5) is 20.6. The highest BCUT2D eigenvalue weighted by molar-refractivity contribution is 8.00. The van der Waals surface area contributed by atoms with E-state index in [-0.39, 0.29) is 6.61 Å². The van der Waals surface area contributed by atoms with Crippen LogP contribution in [0.2, 0.25) is 0 Å². The first-order valence-electron chi connectivity index (χ1n) is 5.35. The van der Waals surface area contributed by atoms with E-state index in [0.717, 1.165) is 12.1 Å². The molecule has 0 aliphatic heterocycles. The smallest absolute Gasteiger partial charge is 0.446 e. The zero-order valence-electron chi connectivity index (χ0n) is 10.4. The lowest BCUT2D eigenvalue weighted by atomic mass is 10.1. The fourth-order valence-electron chi connectivity index (χ4n) is 1.39. The third-order valence-electron chi connectivity index (χ3n) is 2.13. The molecule has 1 aromatic carbocycles. The Hall–Kier alpha value is -2.28. The molecule has 6 nitrogen and oxygen atoms in total. The second-order valence-corrected chi connectivity index (χ2v) is 4.61. The van der Waals surface area contributed by atoms with Crippen molar-refractivity contribution >= 4 is 23.4 Å². The van der Waals surface area contributed by atoms with Crippen molar-refractivity contribution in [3.8, 4) is 6.07 Å². The molecule has 0 saturated carbocycles. The lowest BCUT2D eigenvalue weighted by Crippen LogP contribution is -2.08. The van der Waals surface area contributed by atoms with Gasteiger partial charge in [-0.25, -0.2) is 4.79 Å². The van der Waals surface area contributed by atoms with Gasteiger partial charge in [0.2, 0.25) is 0 Å². The van der Waals surface area contributed by atoms with Gasteiger partial charge in [0.25, 0.3) is 5.69 Å². The van der Waals surface area contributed by atoms with Crippen molar-refractivity contribution < 1.29 is 27.6 Å². The zero-order valence-corrected chi connectivity index (χ0v) is 11.2. The molecule has 0 amide bonds. The van der Waals surface area contributed by atoms with Crippen molar-refractivity contribution in [3.63, 3.8) is 0 Å². The van der Waals surface area contributed by atoms with E-state index in [1.165, 1.54) is 13.0 Å². The topological polar surface area (TPSA) is 93.2 Å². The summed E-state index contributed by atoms with van der Waals surface area (Å²) in [5, 5.41) is 19.7. The van der Waals surface area contributed by atoms with Gasteiger partial charge in [-0.1, -0.05) is 0 Å². The SMILES string of the molecule is CCOC(=O)c1cc(SC(F)(F)F)c(C#N)c([N+](=O)[O-])c1. The van der Waals surface area contributed by atoms with Crippen LogP contribution in [0.15, 0.2) is 17.0 Å². The molecule has 0 aromatic heterocycles. The summed E-state index contributed by atoms with van der Waals surface area (Å²) in [5.74, 6) is -1.01. The lowest BCUT2D eigenvalue weighted by molar-refractivity contribution is -0.385. The molecule has 0 N–H and O–H groups in total. The lowest BCUT2D eigenvalue weighted by Gasteiger charge is -2.09. The standard InChI is InChI=1S/C11H7F3N2O4S/c1-2-20-10(17)6-3-8(16(18)19)7(5-15)9(4-6)21-11(12,13)14/h3-4H,2H2,1H3. The van der Waals surface area contributed by atoms with Crippen LogP contribution in [-0.2, 0) is 4.74 Å². The maximum atomic E-state index is 12.4. The minimum absolute atomic E-state index is 0.0472.